The van der Waals surface area contributed by atoms with Gasteiger partial charge in [-0.2, -0.15) is 0 Å². The van der Waals surface area contributed by atoms with E-state index in [9.17, 15) is 5.11 Å². The van der Waals surface area contributed by atoms with Gasteiger partial charge in [0, 0.05) is 20.1 Å². The SMILES string of the molecule is Cc1ccccc1CN=C([O-])N(C)C.[Li+]. The van der Waals surface area contributed by atoms with Crippen molar-refractivity contribution in [2.24, 2.45) is 4.99 Å². The third kappa shape index (κ3) is 4.42. The molecule has 0 aliphatic carbocycles. The Morgan fingerprint density at radius 1 is 1.33 bits per heavy atom. The van der Waals surface area contributed by atoms with Crippen LogP contribution in [0.4, 0.5) is 0 Å². The Morgan fingerprint density at radius 2 is 1.93 bits per heavy atom. The summed E-state index contributed by atoms with van der Waals surface area (Å²) in [7, 11) is 3.40. The Balaban J connectivity index is 0.00000196. The first-order valence-corrected chi connectivity index (χ1v) is 4.54. The van der Waals surface area contributed by atoms with Gasteiger partial charge in [-0.25, -0.2) is 0 Å². The summed E-state index contributed by atoms with van der Waals surface area (Å²) in [4.78, 5) is 5.41. The van der Waals surface area contributed by atoms with Gasteiger partial charge in [-0.3, -0.25) is 4.99 Å². The van der Waals surface area contributed by atoms with Gasteiger partial charge in [0.15, 0.2) is 0 Å². The maximum Gasteiger partial charge on any atom is 1.00 e. The summed E-state index contributed by atoms with van der Waals surface area (Å²) in [5.74, 6) is 0. The predicted octanol–water partition coefficient (Wildman–Crippen LogP) is -2.22. The summed E-state index contributed by atoms with van der Waals surface area (Å²) in [6, 6.07) is 7.76. The van der Waals surface area contributed by atoms with E-state index in [1.807, 2.05) is 31.2 Å². The van der Waals surface area contributed by atoms with E-state index in [2.05, 4.69) is 4.99 Å². The van der Waals surface area contributed by atoms with E-state index in [-0.39, 0.29) is 24.9 Å². The van der Waals surface area contributed by atoms with E-state index >= 15 is 0 Å². The van der Waals surface area contributed by atoms with Gasteiger partial charge in [-0.1, -0.05) is 24.3 Å². The Labute approximate surface area is 103 Å². The fourth-order valence-electron chi connectivity index (χ4n) is 1.08. The number of nitrogens with zero attached hydrogens (tertiary/aromatic N) is 2. The smallest absolute Gasteiger partial charge is 0.846 e. The van der Waals surface area contributed by atoms with Crippen LogP contribution in [0.15, 0.2) is 29.3 Å². The van der Waals surface area contributed by atoms with Crippen molar-refractivity contribution in [3.05, 3.63) is 35.4 Å². The average molecular weight is 198 g/mol. The topological polar surface area (TPSA) is 38.7 Å². The molecule has 1 aromatic carbocycles. The van der Waals surface area contributed by atoms with Gasteiger partial charge >= 0.3 is 18.9 Å². The molecule has 1 aromatic rings. The summed E-state index contributed by atoms with van der Waals surface area (Å²) >= 11 is 0. The van der Waals surface area contributed by atoms with Crippen LogP contribution in [0.25, 0.3) is 0 Å². The number of benzene rings is 1. The van der Waals surface area contributed by atoms with Gasteiger partial charge in [-0.15, -0.1) is 0 Å². The Kier molecular flexibility index (Phi) is 6.15. The molecule has 1 rings (SSSR count). The van der Waals surface area contributed by atoms with Crippen LogP contribution in [0, 0.1) is 6.92 Å². The second-order valence-corrected chi connectivity index (χ2v) is 3.42. The van der Waals surface area contributed by atoms with Crippen molar-refractivity contribution < 1.29 is 24.0 Å². The molecule has 15 heavy (non-hydrogen) atoms. The molecular weight excluding hydrogens is 183 g/mol. The zero-order chi connectivity index (χ0) is 10.6. The Hall–Kier alpha value is -0.913. The van der Waals surface area contributed by atoms with E-state index in [0.717, 1.165) is 5.56 Å². The first kappa shape index (κ1) is 14.1. The third-order valence-corrected chi connectivity index (χ3v) is 2.03. The van der Waals surface area contributed by atoms with Crippen LogP contribution < -0.4 is 24.0 Å². The van der Waals surface area contributed by atoms with Crippen molar-refractivity contribution in [1.29, 1.82) is 0 Å². The zero-order valence-electron chi connectivity index (χ0n) is 9.82. The largest absolute Gasteiger partial charge is 1.00 e. The van der Waals surface area contributed by atoms with Gasteiger partial charge in [0.25, 0.3) is 0 Å². The second kappa shape index (κ2) is 6.55. The summed E-state index contributed by atoms with van der Waals surface area (Å²) in [5, 5.41) is 11.2. The van der Waals surface area contributed by atoms with Gasteiger partial charge in [0.2, 0.25) is 0 Å². The molecule has 0 N–H and O–H groups in total. The maximum absolute atomic E-state index is 11.2. The molecule has 4 heteroatoms. The van der Waals surface area contributed by atoms with Gasteiger partial charge in [0.05, 0.1) is 6.54 Å². The first-order valence-electron chi connectivity index (χ1n) is 4.54. The molecule has 0 spiro atoms. The van der Waals surface area contributed by atoms with Crippen molar-refractivity contribution >= 4 is 6.02 Å². The molecule has 3 nitrogen and oxygen atoms in total. The zero-order valence-corrected chi connectivity index (χ0v) is 9.82. The number of amidine groups is 1. The van der Waals surface area contributed by atoms with Crippen LogP contribution in [0.1, 0.15) is 11.1 Å². The van der Waals surface area contributed by atoms with Gasteiger partial charge < -0.3 is 10.0 Å². The van der Waals surface area contributed by atoms with Gasteiger partial charge in [-0.05, 0) is 18.1 Å². The van der Waals surface area contributed by atoms with Crippen LogP contribution in [0.2, 0.25) is 0 Å². The number of aliphatic imine (C=N–C) groups is 1. The maximum atomic E-state index is 11.2. The van der Waals surface area contributed by atoms with Crippen molar-refractivity contribution in [1.82, 2.24) is 4.90 Å². The number of aryl methyl sites for hydroxylation is 1. The third-order valence-electron chi connectivity index (χ3n) is 2.03. The molecule has 0 saturated heterocycles. The normalized spacial score (nSPS) is 10.7. The predicted molar refractivity (Wildman–Crippen MR) is 56.0 cm³/mol. The molecule has 0 radical (unpaired) electrons. The number of hydrogen-bond acceptors (Lipinski definition) is 2. The summed E-state index contributed by atoms with van der Waals surface area (Å²) < 4.78 is 0. The van der Waals surface area contributed by atoms with E-state index in [4.69, 9.17) is 0 Å². The minimum absolute atomic E-state index is 0. The molecule has 0 atom stereocenters. The van der Waals surface area contributed by atoms with Crippen molar-refractivity contribution in [2.45, 2.75) is 13.5 Å². The van der Waals surface area contributed by atoms with Crippen LogP contribution in [0.5, 0.6) is 0 Å². The molecule has 76 valence electrons. The molecule has 0 unspecified atom stereocenters. The van der Waals surface area contributed by atoms with Crippen LogP contribution in [0.3, 0.4) is 0 Å². The summed E-state index contributed by atoms with van der Waals surface area (Å²) in [6.45, 7) is 2.48. The summed E-state index contributed by atoms with van der Waals surface area (Å²) in [5.41, 5.74) is 2.27. The fraction of sp³-hybridized carbons (Fsp3) is 0.364. The van der Waals surface area contributed by atoms with Crippen LogP contribution in [-0.2, 0) is 6.54 Å². The molecule has 0 aliphatic rings. The fourth-order valence-corrected chi connectivity index (χ4v) is 1.08. The van der Waals surface area contributed by atoms with E-state index in [0.29, 0.717) is 6.54 Å². The minimum atomic E-state index is -0.187. The molecule has 0 aromatic heterocycles. The molecule has 0 heterocycles. The average Bonchev–Trinajstić information content (AvgIpc) is 2.16. The molecule has 0 bridgehead atoms. The minimum Gasteiger partial charge on any atom is -0.846 e. The molecule has 0 amide bonds. The molecular formula is C11H15LiN2O. The molecule has 0 fully saturated rings. The number of rotatable bonds is 2. The second-order valence-electron chi connectivity index (χ2n) is 3.42. The van der Waals surface area contributed by atoms with Crippen LogP contribution >= 0.6 is 0 Å². The Morgan fingerprint density at radius 3 is 2.47 bits per heavy atom. The van der Waals surface area contributed by atoms with Crippen LogP contribution in [-0.4, -0.2) is 25.0 Å². The van der Waals surface area contributed by atoms with Gasteiger partial charge in [0.1, 0.15) is 0 Å². The van der Waals surface area contributed by atoms with E-state index in [1.165, 1.54) is 10.5 Å². The first-order chi connectivity index (χ1) is 6.61. The molecule has 0 aliphatic heterocycles. The van der Waals surface area contributed by atoms with E-state index in [1.54, 1.807) is 14.1 Å². The standard InChI is InChI=1S/C11H16N2O.Li/c1-9-6-4-5-7-10(9)8-12-11(14)13(2)3;/h4-7H,8H2,1-3H3,(H,12,14);/q;+1/p-1. The van der Waals surface area contributed by atoms with Crippen molar-refractivity contribution in [2.75, 3.05) is 14.1 Å². The van der Waals surface area contributed by atoms with Crippen molar-refractivity contribution in [3.63, 3.8) is 0 Å². The number of hydrogen-bond donors (Lipinski definition) is 0. The summed E-state index contributed by atoms with van der Waals surface area (Å²) in [6.07, 6.45) is 0. The monoisotopic (exact) mass is 198 g/mol. The quantitative estimate of drug-likeness (QED) is 0.307. The molecule has 0 saturated carbocycles. The Bertz CT molecular complexity index is 337. The van der Waals surface area contributed by atoms with E-state index < -0.39 is 0 Å². The van der Waals surface area contributed by atoms with Crippen molar-refractivity contribution in [3.8, 4) is 0 Å².